The van der Waals surface area contributed by atoms with E-state index in [1.807, 2.05) is 71.0 Å². The lowest BCUT2D eigenvalue weighted by atomic mass is 10.1. The van der Waals surface area contributed by atoms with Gasteiger partial charge in [0, 0.05) is 16.6 Å². The number of rotatable bonds is 8. The molecule has 0 bridgehead atoms. The van der Waals surface area contributed by atoms with E-state index >= 15 is 0 Å². The summed E-state index contributed by atoms with van der Waals surface area (Å²) < 4.78 is 6.63. The highest BCUT2D eigenvalue weighted by Gasteiger charge is 2.30. The van der Waals surface area contributed by atoms with Crippen molar-refractivity contribution in [1.82, 2.24) is 10.2 Å². The van der Waals surface area contributed by atoms with Crippen LogP contribution in [-0.2, 0) is 16.1 Å². The Morgan fingerprint density at radius 3 is 2.37 bits per heavy atom. The summed E-state index contributed by atoms with van der Waals surface area (Å²) in [7, 11) is 0. The number of amides is 2. The number of halogens is 1. The average molecular weight is 475 g/mol. The summed E-state index contributed by atoms with van der Waals surface area (Å²) in [5, 5.41) is 3.00. The Morgan fingerprint density at radius 1 is 1.13 bits per heavy atom. The van der Waals surface area contributed by atoms with Gasteiger partial charge in [0.25, 0.3) is 5.91 Å². The number of hydrogen-bond acceptors (Lipinski definition) is 3. The maximum Gasteiger partial charge on any atom is 0.261 e. The van der Waals surface area contributed by atoms with Crippen molar-refractivity contribution >= 4 is 27.7 Å². The molecule has 1 atom stereocenters. The molecule has 0 spiro atoms. The molecule has 162 valence electrons. The number of nitrogens with one attached hydrogen (secondary N) is 1. The highest BCUT2D eigenvalue weighted by atomic mass is 79.9. The van der Waals surface area contributed by atoms with Gasteiger partial charge in [-0.05, 0) is 63.9 Å². The Balaban J connectivity index is 2.22. The monoisotopic (exact) mass is 474 g/mol. The van der Waals surface area contributed by atoms with Crippen LogP contribution in [0.25, 0.3) is 0 Å². The second-order valence-corrected chi connectivity index (χ2v) is 9.33. The summed E-state index contributed by atoms with van der Waals surface area (Å²) >= 11 is 3.38. The molecule has 5 nitrogen and oxygen atoms in total. The van der Waals surface area contributed by atoms with E-state index in [0.29, 0.717) is 18.7 Å². The number of ether oxygens (including phenoxy) is 1. The van der Waals surface area contributed by atoms with Crippen LogP contribution in [0.2, 0.25) is 0 Å². The Morgan fingerprint density at radius 2 is 1.80 bits per heavy atom. The van der Waals surface area contributed by atoms with Gasteiger partial charge in [-0.2, -0.15) is 0 Å². The van der Waals surface area contributed by atoms with Crippen LogP contribution in [0.5, 0.6) is 5.75 Å². The van der Waals surface area contributed by atoms with E-state index in [2.05, 4.69) is 21.2 Å². The van der Waals surface area contributed by atoms with Crippen LogP contribution in [0.15, 0.2) is 53.0 Å². The van der Waals surface area contributed by atoms with E-state index in [9.17, 15) is 9.59 Å². The minimum atomic E-state index is -0.578. The van der Waals surface area contributed by atoms with Crippen molar-refractivity contribution in [2.45, 2.75) is 59.2 Å². The van der Waals surface area contributed by atoms with Crippen LogP contribution < -0.4 is 10.1 Å². The molecule has 1 unspecified atom stereocenters. The maximum atomic E-state index is 13.2. The Labute approximate surface area is 187 Å². The second-order valence-electron chi connectivity index (χ2n) is 8.42. The molecule has 0 aliphatic carbocycles. The van der Waals surface area contributed by atoms with E-state index < -0.39 is 6.04 Å². The summed E-state index contributed by atoms with van der Waals surface area (Å²) in [5.41, 5.74) is 1.71. The zero-order chi connectivity index (χ0) is 22.3. The molecule has 0 aliphatic rings. The Hall–Kier alpha value is -2.34. The number of carbonyl (C=O) groups excluding carboxylic acids is 2. The van der Waals surface area contributed by atoms with Crippen LogP contribution in [0.4, 0.5) is 0 Å². The molecular formula is C24H31BrN2O3. The van der Waals surface area contributed by atoms with E-state index in [-0.39, 0.29) is 24.0 Å². The lowest BCUT2D eigenvalue weighted by Gasteiger charge is -2.33. The molecule has 2 amide bonds. The van der Waals surface area contributed by atoms with Crippen molar-refractivity contribution in [3.8, 4) is 5.75 Å². The highest BCUT2D eigenvalue weighted by molar-refractivity contribution is 9.10. The SMILES string of the molecule is CCC(C(=O)NC(C)(C)C)N(Cc1cccc(C)c1)C(=O)COc1ccc(Br)cc1. The predicted molar refractivity (Wildman–Crippen MR) is 123 cm³/mol. The molecule has 6 heteroatoms. The van der Waals surface area contributed by atoms with Gasteiger partial charge in [-0.1, -0.05) is 52.7 Å². The molecule has 0 aliphatic heterocycles. The lowest BCUT2D eigenvalue weighted by Crippen LogP contribution is -2.54. The van der Waals surface area contributed by atoms with Crippen molar-refractivity contribution in [3.05, 3.63) is 64.1 Å². The van der Waals surface area contributed by atoms with Crippen LogP contribution in [0, 0.1) is 6.92 Å². The van der Waals surface area contributed by atoms with Gasteiger partial charge in [-0.25, -0.2) is 0 Å². The van der Waals surface area contributed by atoms with E-state index in [1.165, 1.54) is 0 Å². The molecule has 0 saturated carbocycles. The number of nitrogens with zero attached hydrogens (tertiary/aromatic N) is 1. The van der Waals surface area contributed by atoms with Gasteiger partial charge in [-0.3, -0.25) is 9.59 Å². The van der Waals surface area contributed by atoms with E-state index in [1.54, 1.807) is 17.0 Å². The molecule has 0 fully saturated rings. The van der Waals surface area contributed by atoms with Gasteiger partial charge in [0.15, 0.2) is 6.61 Å². The van der Waals surface area contributed by atoms with Crippen molar-refractivity contribution in [3.63, 3.8) is 0 Å². The van der Waals surface area contributed by atoms with Crippen LogP contribution in [-0.4, -0.2) is 34.9 Å². The first-order valence-corrected chi connectivity index (χ1v) is 10.9. The summed E-state index contributed by atoms with van der Waals surface area (Å²) in [6.07, 6.45) is 0.512. The predicted octanol–water partition coefficient (Wildman–Crippen LogP) is 4.86. The molecule has 2 rings (SSSR count). The second kappa shape index (κ2) is 10.6. The van der Waals surface area contributed by atoms with Crippen LogP contribution in [0.1, 0.15) is 45.2 Å². The number of carbonyl (C=O) groups is 2. The fraction of sp³-hybridized carbons (Fsp3) is 0.417. The Bertz CT molecular complexity index is 859. The fourth-order valence-electron chi connectivity index (χ4n) is 3.14. The highest BCUT2D eigenvalue weighted by Crippen LogP contribution is 2.18. The topological polar surface area (TPSA) is 58.6 Å². The van der Waals surface area contributed by atoms with Crippen molar-refractivity contribution in [1.29, 1.82) is 0 Å². The molecule has 0 aromatic heterocycles. The molecule has 2 aromatic rings. The molecule has 2 aromatic carbocycles. The number of hydrogen-bond donors (Lipinski definition) is 1. The molecule has 1 N–H and O–H groups in total. The third-order valence-corrected chi connectivity index (χ3v) is 5.02. The van der Waals surface area contributed by atoms with Gasteiger partial charge in [-0.15, -0.1) is 0 Å². The summed E-state index contributed by atoms with van der Waals surface area (Å²) in [5.74, 6) is 0.222. The molecule has 0 radical (unpaired) electrons. The third-order valence-electron chi connectivity index (χ3n) is 4.50. The van der Waals surface area contributed by atoms with Gasteiger partial charge in [0.05, 0.1) is 0 Å². The summed E-state index contributed by atoms with van der Waals surface area (Å²) in [4.78, 5) is 27.7. The maximum absolute atomic E-state index is 13.2. The van der Waals surface area contributed by atoms with Crippen molar-refractivity contribution in [2.75, 3.05) is 6.61 Å². The molecular weight excluding hydrogens is 444 g/mol. The molecule has 0 saturated heterocycles. The van der Waals surface area contributed by atoms with Crippen LogP contribution >= 0.6 is 15.9 Å². The van der Waals surface area contributed by atoms with Crippen molar-refractivity contribution in [2.24, 2.45) is 0 Å². The zero-order valence-electron chi connectivity index (χ0n) is 18.4. The van der Waals surface area contributed by atoms with E-state index in [4.69, 9.17) is 4.74 Å². The normalized spacial score (nSPS) is 12.2. The zero-order valence-corrected chi connectivity index (χ0v) is 20.0. The first kappa shape index (κ1) is 23.9. The minimum Gasteiger partial charge on any atom is -0.484 e. The van der Waals surface area contributed by atoms with Crippen LogP contribution in [0.3, 0.4) is 0 Å². The smallest absolute Gasteiger partial charge is 0.261 e. The molecule has 30 heavy (non-hydrogen) atoms. The van der Waals surface area contributed by atoms with Gasteiger partial charge in [0.1, 0.15) is 11.8 Å². The van der Waals surface area contributed by atoms with Crippen molar-refractivity contribution < 1.29 is 14.3 Å². The Kier molecular flexibility index (Phi) is 8.47. The number of benzene rings is 2. The first-order valence-electron chi connectivity index (χ1n) is 10.1. The summed E-state index contributed by atoms with van der Waals surface area (Å²) in [6, 6.07) is 14.7. The minimum absolute atomic E-state index is 0.132. The summed E-state index contributed by atoms with van der Waals surface area (Å²) in [6.45, 7) is 9.94. The third kappa shape index (κ3) is 7.48. The van der Waals surface area contributed by atoms with E-state index in [0.717, 1.165) is 15.6 Å². The number of aryl methyl sites for hydroxylation is 1. The first-order chi connectivity index (χ1) is 14.1. The largest absolute Gasteiger partial charge is 0.484 e. The standard InChI is InChI=1S/C24H31BrN2O3/c1-6-21(23(29)26-24(3,4)5)27(15-18-9-7-8-17(2)14-18)22(28)16-30-20-12-10-19(25)11-13-20/h7-14,21H,6,15-16H2,1-5H3,(H,26,29). The van der Waals surface area contributed by atoms with Gasteiger partial charge in [0.2, 0.25) is 5.91 Å². The van der Waals surface area contributed by atoms with Gasteiger partial charge < -0.3 is 15.0 Å². The lowest BCUT2D eigenvalue weighted by molar-refractivity contribution is -0.143. The average Bonchev–Trinajstić information content (AvgIpc) is 2.66. The van der Waals surface area contributed by atoms with Gasteiger partial charge >= 0.3 is 0 Å². The molecule has 0 heterocycles. The fourth-order valence-corrected chi connectivity index (χ4v) is 3.40. The quantitative estimate of drug-likeness (QED) is 0.594.